The fourth-order valence-corrected chi connectivity index (χ4v) is 2.33. The monoisotopic (exact) mass is 274 g/mol. The van der Waals surface area contributed by atoms with Gasteiger partial charge < -0.3 is 9.84 Å². The van der Waals surface area contributed by atoms with E-state index in [0.29, 0.717) is 12.2 Å². The quantitative estimate of drug-likeness (QED) is 0.912. The zero-order valence-electron chi connectivity index (χ0n) is 10.9. The van der Waals surface area contributed by atoms with Crippen LogP contribution in [0.5, 0.6) is 5.75 Å². The number of hydrogen-bond donors (Lipinski definition) is 1. The highest BCUT2D eigenvalue weighted by atomic mass is 19.4. The van der Waals surface area contributed by atoms with Gasteiger partial charge in [0.15, 0.2) is 0 Å². The molecule has 1 aromatic carbocycles. The minimum absolute atomic E-state index is 0.149. The van der Waals surface area contributed by atoms with Crippen LogP contribution in [-0.4, -0.2) is 17.3 Å². The first-order valence-electron chi connectivity index (χ1n) is 6.29. The summed E-state index contributed by atoms with van der Waals surface area (Å²) < 4.78 is 42.9. The summed E-state index contributed by atoms with van der Waals surface area (Å²) in [6.45, 7) is 3.89. The molecule has 106 valence electrons. The Kier molecular flexibility index (Phi) is 3.51. The second-order valence-corrected chi connectivity index (χ2v) is 5.24. The molecule has 0 aromatic heterocycles. The highest BCUT2D eigenvalue weighted by molar-refractivity contribution is 5.29. The van der Waals surface area contributed by atoms with Gasteiger partial charge in [0.2, 0.25) is 0 Å². The van der Waals surface area contributed by atoms with Crippen molar-refractivity contribution in [2.24, 2.45) is 5.41 Å². The van der Waals surface area contributed by atoms with Crippen molar-refractivity contribution in [3.63, 3.8) is 0 Å². The molecule has 1 aliphatic carbocycles. The molecule has 1 aliphatic rings. The van der Waals surface area contributed by atoms with Crippen molar-refractivity contribution in [1.29, 1.82) is 0 Å². The Hall–Kier alpha value is -1.23. The van der Waals surface area contributed by atoms with Crippen LogP contribution >= 0.6 is 0 Å². The summed E-state index contributed by atoms with van der Waals surface area (Å²) in [4.78, 5) is 0. The fraction of sp³-hybridized carbons (Fsp3) is 0.571. The van der Waals surface area contributed by atoms with E-state index >= 15 is 0 Å². The van der Waals surface area contributed by atoms with E-state index < -0.39 is 17.8 Å². The first-order chi connectivity index (χ1) is 8.77. The Balaban J connectivity index is 2.05. The molecule has 1 saturated carbocycles. The molecule has 5 heteroatoms. The Morgan fingerprint density at radius 2 is 1.89 bits per heavy atom. The van der Waals surface area contributed by atoms with E-state index in [4.69, 9.17) is 4.74 Å². The van der Waals surface area contributed by atoms with Gasteiger partial charge in [0, 0.05) is 11.8 Å². The zero-order chi connectivity index (χ0) is 14.3. The first-order valence-corrected chi connectivity index (χ1v) is 6.29. The first kappa shape index (κ1) is 14.2. The fourth-order valence-electron chi connectivity index (χ4n) is 2.33. The maximum Gasteiger partial charge on any atom is 0.416 e. The lowest BCUT2D eigenvalue weighted by Crippen LogP contribution is -2.57. The van der Waals surface area contributed by atoms with Crippen molar-refractivity contribution in [3.05, 3.63) is 29.8 Å². The third-order valence-corrected chi connectivity index (χ3v) is 4.16. The van der Waals surface area contributed by atoms with Crippen molar-refractivity contribution < 1.29 is 23.0 Å². The standard InChI is InChI=1S/C14H17F3O2/c1-3-13(2)11(18)8-12(13)19-10-6-4-9(5-7-10)14(15,16)17/h4-7,11-12,18H,3,8H2,1-2H3. The number of halogens is 3. The molecule has 0 saturated heterocycles. The Labute approximate surface area is 110 Å². The van der Waals surface area contributed by atoms with Gasteiger partial charge in [-0.15, -0.1) is 0 Å². The van der Waals surface area contributed by atoms with Gasteiger partial charge >= 0.3 is 6.18 Å². The van der Waals surface area contributed by atoms with Crippen LogP contribution in [0.3, 0.4) is 0 Å². The van der Waals surface area contributed by atoms with Crippen LogP contribution in [-0.2, 0) is 6.18 Å². The number of aliphatic hydroxyl groups is 1. The molecule has 19 heavy (non-hydrogen) atoms. The maximum absolute atomic E-state index is 12.4. The van der Waals surface area contributed by atoms with Crippen LogP contribution in [0, 0.1) is 5.41 Å². The Morgan fingerprint density at radius 1 is 1.32 bits per heavy atom. The number of ether oxygens (including phenoxy) is 1. The molecule has 1 aromatic rings. The molecule has 0 bridgehead atoms. The van der Waals surface area contributed by atoms with Crippen molar-refractivity contribution in [2.45, 2.75) is 45.1 Å². The summed E-state index contributed by atoms with van der Waals surface area (Å²) in [5.41, 5.74) is -1.00. The molecule has 1 fully saturated rings. The van der Waals surface area contributed by atoms with Gasteiger partial charge in [-0.3, -0.25) is 0 Å². The molecule has 0 radical (unpaired) electrons. The lowest BCUT2D eigenvalue weighted by molar-refractivity contribution is -0.147. The smallest absolute Gasteiger partial charge is 0.416 e. The average molecular weight is 274 g/mol. The van der Waals surface area contributed by atoms with Crippen molar-refractivity contribution in [2.75, 3.05) is 0 Å². The molecule has 0 amide bonds. The van der Waals surface area contributed by atoms with E-state index in [1.54, 1.807) is 0 Å². The van der Waals surface area contributed by atoms with E-state index in [2.05, 4.69) is 0 Å². The van der Waals surface area contributed by atoms with Gasteiger partial charge in [-0.25, -0.2) is 0 Å². The van der Waals surface area contributed by atoms with E-state index in [0.717, 1.165) is 18.6 Å². The number of rotatable bonds is 3. The van der Waals surface area contributed by atoms with Crippen LogP contribution in [0.2, 0.25) is 0 Å². The van der Waals surface area contributed by atoms with Crippen LogP contribution in [0.1, 0.15) is 32.3 Å². The summed E-state index contributed by atoms with van der Waals surface area (Å²) in [5.74, 6) is 0.407. The number of benzene rings is 1. The largest absolute Gasteiger partial charge is 0.490 e. The second kappa shape index (κ2) is 4.71. The molecule has 3 unspecified atom stereocenters. The van der Waals surface area contributed by atoms with Crippen LogP contribution in [0.25, 0.3) is 0 Å². The molecular formula is C14H17F3O2. The Morgan fingerprint density at radius 3 is 2.32 bits per heavy atom. The predicted octanol–water partition coefficient (Wildman–Crippen LogP) is 3.63. The van der Waals surface area contributed by atoms with Gasteiger partial charge in [0.05, 0.1) is 11.7 Å². The summed E-state index contributed by atoms with van der Waals surface area (Å²) in [7, 11) is 0. The number of aliphatic hydroxyl groups excluding tert-OH is 1. The summed E-state index contributed by atoms with van der Waals surface area (Å²) in [6.07, 6.45) is -3.60. The minimum atomic E-state index is -4.33. The summed E-state index contributed by atoms with van der Waals surface area (Å²) in [6, 6.07) is 4.66. The third kappa shape index (κ3) is 2.56. The highest BCUT2D eigenvalue weighted by Gasteiger charge is 2.51. The van der Waals surface area contributed by atoms with E-state index in [-0.39, 0.29) is 11.5 Å². The van der Waals surface area contributed by atoms with Gasteiger partial charge in [-0.2, -0.15) is 13.2 Å². The van der Waals surface area contributed by atoms with Gasteiger partial charge in [0.25, 0.3) is 0 Å². The maximum atomic E-state index is 12.4. The number of alkyl halides is 3. The lowest BCUT2D eigenvalue weighted by Gasteiger charge is -2.50. The molecular weight excluding hydrogens is 257 g/mol. The molecule has 0 heterocycles. The van der Waals surface area contributed by atoms with E-state index in [9.17, 15) is 18.3 Å². The van der Waals surface area contributed by atoms with Gasteiger partial charge in [0.1, 0.15) is 11.9 Å². The SMILES string of the molecule is CCC1(C)C(O)CC1Oc1ccc(C(F)(F)F)cc1. The van der Waals surface area contributed by atoms with E-state index in [1.165, 1.54) is 12.1 Å². The second-order valence-electron chi connectivity index (χ2n) is 5.24. The Bertz CT molecular complexity index is 441. The molecule has 2 rings (SSSR count). The van der Waals surface area contributed by atoms with Crippen LogP contribution in [0.4, 0.5) is 13.2 Å². The highest BCUT2D eigenvalue weighted by Crippen LogP contribution is 2.46. The topological polar surface area (TPSA) is 29.5 Å². The van der Waals surface area contributed by atoms with Crippen molar-refractivity contribution in [1.82, 2.24) is 0 Å². The average Bonchev–Trinajstić information content (AvgIpc) is 2.37. The zero-order valence-corrected chi connectivity index (χ0v) is 10.9. The number of hydrogen-bond acceptors (Lipinski definition) is 2. The lowest BCUT2D eigenvalue weighted by atomic mass is 9.63. The van der Waals surface area contributed by atoms with Crippen LogP contribution < -0.4 is 4.74 Å². The third-order valence-electron chi connectivity index (χ3n) is 4.16. The van der Waals surface area contributed by atoms with Crippen molar-refractivity contribution in [3.8, 4) is 5.75 Å². The summed E-state index contributed by atoms with van der Waals surface area (Å²) >= 11 is 0. The summed E-state index contributed by atoms with van der Waals surface area (Å²) in [5, 5.41) is 9.74. The van der Waals surface area contributed by atoms with Gasteiger partial charge in [-0.05, 0) is 30.7 Å². The minimum Gasteiger partial charge on any atom is -0.490 e. The predicted molar refractivity (Wildman–Crippen MR) is 64.9 cm³/mol. The van der Waals surface area contributed by atoms with Crippen molar-refractivity contribution >= 4 is 0 Å². The molecule has 2 nitrogen and oxygen atoms in total. The normalized spacial score (nSPS) is 30.8. The van der Waals surface area contributed by atoms with Gasteiger partial charge in [-0.1, -0.05) is 13.8 Å². The molecule has 0 aliphatic heterocycles. The molecule has 0 spiro atoms. The van der Waals surface area contributed by atoms with Crippen LogP contribution in [0.15, 0.2) is 24.3 Å². The van der Waals surface area contributed by atoms with E-state index in [1.807, 2.05) is 13.8 Å². The molecule has 3 atom stereocenters. The molecule has 1 N–H and O–H groups in total.